The summed E-state index contributed by atoms with van der Waals surface area (Å²) in [7, 11) is 0. The maximum atomic E-state index is 12.6. The normalized spacial score (nSPS) is 17.6. The number of pyridine rings is 1. The average Bonchev–Trinajstić information content (AvgIpc) is 2.99. The molecule has 2 aromatic rings. The fourth-order valence-corrected chi connectivity index (χ4v) is 3.95. The van der Waals surface area contributed by atoms with Crippen LogP contribution in [0.15, 0.2) is 36.4 Å². The van der Waals surface area contributed by atoms with Gasteiger partial charge in [0.15, 0.2) is 0 Å². The number of carbonyl (C=O) groups excluding carboxylic acids is 1. The zero-order valence-corrected chi connectivity index (χ0v) is 16.3. The molecule has 0 bridgehead atoms. The second kappa shape index (κ2) is 7.22. The zero-order chi connectivity index (χ0) is 19.0. The Morgan fingerprint density at radius 1 is 1.15 bits per heavy atom. The Bertz CT molecular complexity index is 827. The second-order valence-corrected chi connectivity index (χ2v) is 7.77. The van der Waals surface area contributed by atoms with Gasteiger partial charge in [-0.25, -0.2) is 4.98 Å². The van der Waals surface area contributed by atoms with Crippen LogP contribution in [0.1, 0.15) is 48.3 Å². The fraction of sp³-hybridized carbons (Fsp3) is 0.455. The molecule has 0 N–H and O–H groups in total. The van der Waals surface area contributed by atoms with Crippen molar-refractivity contribution in [3.8, 4) is 5.75 Å². The minimum Gasteiger partial charge on any atom is -0.490 e. The lowest BCUT2D eigenvalue weighted by molar-refractivity contribution is 0.0730. The molecule has 0 unspecified atom stereocenters. The average molecular weight is 365 g/mol. The maximum Gasteiger partial charge on any atom is 0.256 e. The third kappa shape index (κ3) is 3.51. The fourth-order valence-electron chi connectivity index (χ4n) is 3.95. The van der Waals surface area contributed by atoms with Crippen LogP contribution in [0.2, 0.25) is 0 Å². The first-order valence-corrected chi connectivity index (χ1v) is 9.81. The Labute approximate surface area is 161 Å². The van der Waals surface area contributed by atoms with Gasteiger partial charge in [-0.2, -0.15) is 0 Å². The van der Waals surface area contributed by atoms with E-state index in [1.54, 1.807) is 0 Å². The molecule has 1 aromatic carbocycles. The molecule has 1 aromatic heterocycles. The van der Waals surface area contributed by atoms with E-state index in [0.29, 0.717) is 6.54 Å². The van der Waals surface area contributed by atoms with Crippen molar-refractivity contribution in [1.82, 2.24) is 9.88 Å². The number of piperidine rings is 1. The van der Waals surface area contributed by atoms with Gasteiger partial charge in [-0.3, -0.25) is 4.79 Å². The van der Waals surface area contributed by atoms with Crippen molar-refractivity contribution in [2.75, 3.05) is 18.0 Å². The Morgan fingerprint density at radius 2 is 1.85 bits per heavy atom. The molecular formula is C22H27N3O2. The van der Waals surface area contributed by atoms with Crippen LogP contribution in [0.5, 0.6) is 5.75 Å². The van der Waals surface area contributed by atoms with E-state index in [4.69, 9.17) is 9.72 Å². The van der Waals surface area contributed by atoms with E-state index in [1.165, 1.54) is 0 Å². The third-order valence-corrected chi connectivity index (χ3v) is 5.49. The number of fused-ring (bicyclic) bond motifs is 1. The summed E-state index contributed by atoms with van der Waals surface area (Å²) in [5.74, 6) is 2.07. The lowest BCUT2D eigenvalue weighted by Crippen LogP contribution is -2.39. The van der Waals surface area contributed by atoms with Crippen LogP contribution in [0.4, 0.5) is 5.82 Å². The Morgan fingerprint density at radius 3 is 2.52 bits per heavy atom. The van der Waals surface area contributed by atoms with Crippen LogP contribution >= 0.6 is 0 Å². The van der Waals surface area contributed by atoms with E-state index < -0.39 is 0 Å². The number of hydrogen-bond acceptors (Lipinski definition) is 4. The summed E-state index contributed by atoms with van der Waals surface area (Å²) in [5.41, 5.74) is 2.76. The summed E-state index contributed by atoms with van der Waals surface area (Å²) in [6.07, 6.45) is 2.20. The smallest absolute Gasteiger partial charge is 0.256 e. The lowest BCUT2D eigenvalue weighted by Gasteiger charge is -2.34. The van der Waals surface area contributed by atoms with Gasteiger partial charge in [0.05, 0.1) is 17.8 Å². The molecule has 27 heavy (non-hydrogen) atoms. The van der Waals surface area contributed by atoms with E-state index in [-0.39, 0.29) is 18.1 Å². The molecule has 5 nitrogen and oxygen atoms in total. The molecule has 1 amide bonds. The van der Waals surface area contributed by atoms with E-state index in [0.717, 1.165) is 54.3 Å². The topological polar surface area (TPSA) is 45.7 Å². The number of aromatic nitrogens is 1. The number of rotatable bonds is 4. The second-order valence-electron chi connectivity index (χ2n) is 7.77. The molecule has 2 aliphatic heterocycles. The van der Waals surface area contributed by atoms with Crippen LogP contribution in [-0.4, -0.2) is 41.0 Å². The third-order valence-electron chi connectivity index (χ3n) is 5.49. The summed E-state index contributed by atoms with van der Waals surface area (Å²) < 4.78 is 6.10. The molecule has 3 heterocycles. The molecule has 142 valence electrons. The van der Waals surface area contributed by atoms with Gasteiger partial charge in [0.1, 0.15) is 17.7 Å². The van der Waals surface area contributed by atoms with E-state index in [2.05, 4.69) is 25.7 Å². The highest BCUT2D eigenvalue weighted by Gasteiger charge is 2.32. The SMILES string of the molecule is Cc1cc2c(nc1N1CCC(Oc3ccccc3)CC1)CN(C(C)C)C2=O. The predicted octanol–water partition coefficient (Wildman–Crippen LogP) is 3.80. The molecule has 5 heteroatoms. The number of amides is 1. The van der Waals surface area contributed by atoms with Gasteiger partial charge in [0.25, 0.3) is 5.91 Å². The number of anilines is 1. The first-order valence-electron chi connectivity index (χ1n) is 9.81. The summed E-state index contributed by atoms with van der Waals surface area (Å²) in [5, 5.41) is 0. The zero-order valence-electron chi connectivity index (χ0n) is 16.3. The summed E-state index contributed by atoms with van der Waals surface area (Å²) in [4.78, 5) is 21.7. The van der Waals surface area contributed by atoms with Gasteiger partial charge in [0, 0.05) is 32.0 Å². The molecule has 0 atom stereocenters. The molecule has 1 fully saturated rings. The Hall–Kier alpha value is -2.56. The molecule has 1 saturated heterocycles. The number of hydrogen-bond donors (Lipinski definition) is 0. The molecule has 0 aliphatic carbocycles. The van der Waals surface area contributed by atoms with Crippen LogP contribution in [0, 0.1) is 6.92 Å². The van der Waals surface area contributed by atoms with E-state index in [9.17, 15) is 4.79 Å². The number of para-hydroxylation sites is 1. The predicted molar refractivity (Wildman–Crippen MR) is 106 cm³/mol. The molecule has 0 radical (unpaired) electrons. The molecular weight excluding hydrogens is 338 g/mol. The first-order chi connectivity index (χ1) is 13.0. The standard InChI is InChI=1S/C22H27N3O2/c1-15(2)25-14-20-19(22(25)26)13-16(3)21(23-20)24-11-9-18(10-12-24)27-17-7-5-4-6-8-17/h4-8,13,15,18H,9-12,14H2,1-3H3. The van der Waals surface area contributed by atoms with Gasteiger partial charge in [-0.1, -0.05) is 18.2 Å². The molecule has 2 aliphatic rings. The van der Waals surface area contributed by atoms with Crippen molar-refractivity contribution < 1.29 is 9.53 Å². The summed E-state index contributed by atoms with van der Waals surface area (Å²) in [6.45, 7) is 8.62. The van der Waals surface area contributed by atoms with Crippen molar-refractivity contribution in [1.29, 1.82) is 0 Å². The highest BCUT2D eigenvalue weighted by molar-refractivity contribution is 5.98. The number of benzene rings is 1. The first kappa shape index (κ1) is 17.8. The van der Waals surface area contributed by atoms with Crippen molar-refractivity contribution in [2.45, 2.75) is 52.3 Å². The van der Waals surface area contributed by atoms with Crippen molar-refractivity contribution in [2.24, 2.45) is 0 Å². The number of aryl methyl sites for hydroxylation is 1. The van der Waals surface area contributed by atoms with Crippen molar-refractivity contribution >= 4 is 11.7 Å². The minimum atomic E-state index is 0.108. The molecule has 0 saturated carbocycles. The summed E-state index contributed by atoms with van der Waals surface area (Å²) >= 11 is 0. The number of ether oxygens (including phenoxy) is 1. The number of carbonyl (C=O) groups is 1. The van der Waals surface area contributed by atoms with Crippen LogP contribution in [0.3, 0.4) is 0 Å². The minimum absolute atomic E-state index is 0.108. The van der Waals surface area contributed by atoms with E-state index >= 15 is 0 Å². The van der Waals surface area contributed by atoms with E-state index in [1.807, 2.05) is 41.3 Å². The van der Waals surface area contributed by atoms with Gasteiger partial charge in [-0.05, 0) is 44.5 Å². The lowest BCUT2D eigenvalue weighted by atomic mass is 10.1. The molecule has 0 spiro atoms. The van der Waals surface area contributed by atoms with Crippen LogP contribution in [-0.2, 0) is 6.54 Å². The highest BCUT2D eigenvalue weighted by Crippen LogP contribution is 2.30. The maximum absolute atomic E-state index is 12.6. The monoisotopic (exact) mass is 365 g/mol. The van der Waals surface area contributed by atoms with Gasteiger partial charge in [0.2, 0.25) is 0 Å². The number of nitrogens with zero attached hydrogens (tertiary/aromatic N) is 3. The quantitative estimate of drug-likeness (QED) is 0.827. The Balaban J connectivity index is 1.45. The van der Waals surface area contributed by atoms with Crippen molar-refractivity contribution in [3.05, 3.63) is 53.2 Å². The highest BCUT2D eigenvalue weighted by atomic mass is 16.5. The van der Waals surface area contributed by atoms with Gasteiger partial charge < -0.3 is 14.5 Å². The largest absolute Gasteiger partial charge is 0.490 e. The van der Waals surface area contributed by atoms with Crippen molar-refractivity contribution in [3.63, 3.8) is 0 Å². The van der Waals surface area contributed by atoms with Crippen LogP contribution < -0.4 is 9.64 Å². The van der Waals surface area contributed by atoms with Gasteiger partial charge >= 0.3 is 0 Å². The van der Waals surface area contributed by atoms with Crippen LogP contribution in [0.25, 0.3) is 0 Å². The van der Waals surface area contributed by atoms with Gasteiger partial charge in [-0.15, -0.1) is 0 Å². The summed E-state index contributed by atoms with van der Waals surface area (Å²) in [6, 6.07) is 12.2. The molecule has 4 rings (SSSR count). The Kier molecular flexibility index (Phi) is 4.77.